The van der Waals surface area contributed by atoms with Crippen LogP contribution in [0.2, 0.25) is 0 Å². The fourth-order valence-corrected chi connectivity index (χ4v) is 3.28. The van der Waals surface area contributed by atoms with Gasteiger partial charge in [-0.25, -0.2) is 0 Å². The summed E-state index contributed by atoms with van der Waals surface area (Å²) in [6.45, 7) is 0. The van der Waals surface area contributed by atoms with Gasteiger partial charge in [-0.15, -0.1) is 0 Å². The number of carbonyl (C=O) groups is 3. The average Bonchev–Trinajstić information content (AvgIpc) is 2.30. The molecule has 0 unspecified atom stereocenters. The number of carbonyl (C=O) groups excluding carboxylic acids is 3. The highest BCUT2D eigenvalue weighted by molar-refractivity contribution is 6.12. The number of hydrogen-bond acceptors (Lipinski definition) is 3. The summed E-state index contributed by atoms with van der Waals surface area (Å²) in [5.74, 6) is -0.197. The zero-order valence-corrected chi connectivity index (χ0v) is 9.31. The molecule has 0 bridgehead atoms. The zero-order chi connectivity index (χ0) is 12.1. The van der Waals surface area contributed by atoms with Crippen molar-refractivity contribution >= 4 is 17.3 Å². The van der Waals surface area contributed by atoms with E-state index >= 15 is 0 Å². The van der Waals surface area contributed by atoms with Crippen LogP contribution in [0.15, 0.2) is 36.5 Å². The fraction of sp³-hybridized carbons (Fsp3) is 0.357. The normalized spacial score (nSPS) is 39.2. The molecule has 0 aliphatic heterocycles. The Kier molecular flexibility index (Phi) is 1.91. The second-order valence-electron chi connectivity index (χ2n) is 4.97. The minimum absolute atomic E-state index is 0.0507. The first-order valence-electron chi connectivity index (χ1n) is 5.75. The maximum absolute atomic E-state index is 12.2. The Balaban J connectivity index is 2.29. The van der Waals surface area contributed by atoms with Crippen LogP contribution in [0, 0.1) is 10.8 Å². The minimum Gasteiger partial charge on any atom is -0.295 e. The molecule has 0 amide bonds. The van der Waals surface area contributed by atoms with Gasteiger partial charge in [0.2, 0.25) is 0 Å². The van der Waals surface area contributed by atoms with E-state index in [1.54, 1.807) is 24.3 Å². The van der Waals surface area contributed by atoms with Gasteiger partial charge in [-0.05, 0) is 31.1 Å². The van der Waals surface area contributed by atoms with Gasteiger partial charge in [0.15, 0.2) is 17.3 Å². The van der Waals surface area contributed by atoms with Crippen molar-refractivity contribution in [1.82, 2.24) is 0 Å². The Labute approximate surface area is 98.9 Å². The van der Waals surface area contributed by atoms with E-state index in [4.69, 9.17) is 0 Å². The van der Waals surface area contributed by atoms with Crippen LogP contribution in [0.4, 0.5) is 0 Å². The lowest BCUT2D eigenvalue weighted by atomic mass is 9.49. The summed E-state index contributed by atoms with van der Waals surface area (Å²) in [5, 5.41) is 0. The first kappa shape index (κ1) is 10.4. The Morgan fingerprint density at radius 3 is 2.41 bits per heavy atom. The van der Waals surface area contributed by atoms with E-state index in [9.17, 15) is 14.4 Å². The van der Waals surface area contributed by atoms with E-state index < -0.39 is 10.8 Å². The van der Waals surface area contributed by atoms with E-state index in [0.29, 0.717) is 12.8 Å². The highest BCUT2D eigenvalue weighted by Gasteiger charge is 2.60. The molecule has 3 heteroatoms. The first-order chi connectivity index (χ1) is 8.11. The standard InChI is InChI=1S/C14H12O3/c15-10-5-8-13-6-1-4-12(17)14(13,9-10)7-2-3-11(13)16/h1-5,8H,6-7,9H2/t13-,14-/m1/s1. The predicted octanol–water partition coefficient (Wildman–Crippen LogP) is 1.55. The maximum atomic E-state index is 12.2. The van der Waals surface area contributed by atoms with Crippen molar-refractivity contribution in [3.63, 3.8) is 0 Å². The van der Waals surface area contributed by atoms with Gasteiger partial charge in [-0.1, -0.05) is 18.2 Å². The van der Waals surface area contributed by atoms with Gasteiger partial charge in [-0.2, -0.15) is 0 Å². The third-order valence-electron chi connectivity index (χ3n) is 4.24. The van der Waals surface area contributed by atoms with Crippen molar-refractivity contribution in [1.29, 1.82) is 0 Å². The van der Waals surface area contributed by atoms with Gasteiger partial charge in [0.1, 0.15) is 0 Å². The van der Waals surface area contributed by atoms with Gasteiger partial charge < -0.3 is 0 Å². The van der Waals surface area contributed by atoms with E-state index in [1.165, 1.54) is 12.2 Å². The molecule has 0 N–H and O–H groups in total. The van der Waals surface area contributed by atoms with Crippen LogP contribution < -0.4 is 0 Å². The van der Waals surface area contributed by atoms with Crippen molar-refractivity contribution in [2.24, 2.45) is 10.8 Å². The molecule has 17 heavy (non-hydrogen) atoms. The molecule has 0 aromatic carbocycles. The van der Waals surface area contributed by atoms with E-state index in [-0.39, 0.29) is 23.8 Å². The van der Waals surface area contributed by atoms with Crippen LogP contribution in [0.25, 0.3) is 0 Å². The van der Waals surface area contributed by atoms with Crippen molar-refractivity contribution < 1.29 is 14.4 Å². The molecule has 0 spiro atoms. The Bertz CT molecular complexity index is 524. The number of allylic oxidation sites excluding steroid dienone is 6. The lowest BCUT2D eigenvalue weighted by molar-refractivity contribution is -0.146. The second kappa shape index (κ2) is 3.13. The third-order valence-corrected chi connectivity index (χ3v) is 4.24. The van der Waals surface area contributed by atoms with Crippen molar-refractivity contribution in [2.75, 3.05) is 0 Å². The molecule has 0 fully saturated rings. The smallest absolute Gasteiger partial charge is 0.166 e. The molecular weight excluding hydrogens is 216 g/mol. The molecule has 0 saturated heterocycles. The molecule has 3 aliphatic carbocycles. The fourth-order valence-electron chi connectivity index (χ4n) is 3.28. The number of hydrogen-bond donors (Lipinski definition) is 0. The molecule has 0 radical (unpaired) electrons. The van der Waals surface area contributed by atoms with Crippen LogP contribution in [0.3, 0.4) is 0 Å². The van der Waals surface area contributed by atoms with E-state index in [2.05, 4.69) is 0 Å². The van der Waals surface area contributed by atoms with E-state index in [1.807, 2.05) is 0 Å². The Morgan fingerprint density at radius 2 is 1.59 bits per heavy atom. The topological polar surface area (TPSA) is 51.2 Å². The number of rotatable bonds is 0. The van der Waals surface area contributed by atoms with Gasteiger partial charge >= 0.3 is 0 Å². The first-order valence-corrected chi connectivity index (χ1v) is 5.75. The Morgan fingerprint density at radius 1 is 0.882 bits per heavy atom. The van der Waals surface area contributed by atoms with E-state index in [0.717, 1.165) is 0 Å². The quantitative estimate of drug-likeness (QED) is 0.632. The summed E-state index contributed by atoms with van der Waals surface area (Å²) in [6, 6.07) is 0. The molecule has 0 saturated carbocycles. The number of ketones is 3. The minimum atomic E-state index is -0.848. The molecule has 86 valence electrons. The van der Waals surface area contributed by atoms with Crippen LogP contribution in [0.1, 0.15) is 19.3 Å². The highest BCUT2D eigenvalue weighted by Crippen LogP contribution is 2.56. The molecule has 0 aromatic heterocycles. The SMILES string of the molecule is O=C1C=C[C@@]23CC=CC(=O)[C@@]2(CC=CC3=O)C1. The highest BCUT2D eigenvalue weighted by atomic mass is 16.1. The predicted molar refractivity (Wildman–Crippen MR) is 61.2 cm³/mol. The lowest BCUT2D eigenvalue weighted by Crippen LogP contribution is -2.56. The van der Waals surface area contributed by atoms with Gasteiger partial charge in [0.25, 0.3) is 0 Å². The van der Waals surface area contributed by atoms with Gasteiger partial charge in [0, 0.05) is 6.42 Å². The summed E-state index contributed by atoms with van der Waals surface area (Å²) in [4.78, 5) is 36.0. The van der Waals surface area contributed by atoms with Crippen LogP contribution in [-0.4, -0.2) is 17.3 Å². The summed E-state index contributed by atoms with van der Waals surface area (Å²) < 4.78 is 0. The zero-order valence-electron chi connectivity index (χ0n) is 9.31. The summed E-state index contributed by atoms with van der Waals surface area (Å²) in [7, 11) is 0. The monoisotopic (exact) mass is 228 g/mol. The summed E-state index contributed by atoms with van der Waals surface area (Å²) >= 11 is 0. The summed E-state index contributed by atoms with van der Waals surface area (Å²) in [5.41, 5.74) is -1.65. The van der Waals surface area contributed by atoms with Gasteiger partial charge in [0.05, 0.1) is 10.8 Å². The summed E-state index contributed by atoms with van der Waals surface area (Å²) in [6.07, 6.45) is 10.8. The van der Waals surface area contributed by atoms with Crippen molar-refractivity contribution in [2.45, 2.75) is 19.3 Å². The van der Waals surface area contributed by atoms with Crippen LogP contribution in [0.5, 0.6) is 0 Å². The molecule has 2 atom stereocenters. The van der Waals surface area contributed by atoms with Crippen LogP contribution in [-0.2, 0) is 14.4 Å². The molecule has 3 aliphatic rings. The molecule has 0 aromatic rings. The largest absolute Gasteiger partial charge is 0.295 e. The Hall–Kier alpha value is -1.77. The molecule has 0 heterocycles. The average molecular weight is 228 g/mol. The maximum Gasteiger partial charge on any atom is 0.166 e. The van der Waals surface area contributed by atoms with Crippen molar-refractivity contribution in [3.8, 4) is 0 Å². The van der Waals surface area contributed by atoms with Gasteiger partial charge in [-0.3, -0.25) is 14.4 Å². The molecule has 3 nitrogen and oxygen atoms in total. The van der Waals surface area contributed by atoms with Crippen molar-refractivity contribution in [3.05, 3.63) is 36.5 Å². The molecular formula is C14H12O3. The lowest BCUT2D eigenvalue weighted by Gasteiger charge is -2.50. The third kappa shape index (κ3) is 1.09. The molecule has 3 rings (SSSR count). The van der Waals surface area contributed by atoms with Crippen LogP contribution >= 0.6 is 0 Å². The second-order valence-corrected chi connectivity index (χ2v) is 4.97.